The fraction of sp³-hybridized carbons (Fsp3) is 0.194. The molecular formula is C31H36ClN7. The molecule has 0 atom stereocenters. The Bertz CT molecular complexity index is 1330. The average Bonchev–Trinajstić information content (AvgIpc) is 3.31. The molecule has 202 valence electrons. The minimum absolute atomic E-state index is 0. The van der Waals surface area contributed by atoms with Gasteiger partial charge in [0.1, 0.15) is 0 Å². The van der Waals surface area contributed by atoms with Crippen LogP contribution in [0.25, 0.3) is 12.2 Å². The van der Waals surface area contributed by atoms with Crippen molar-refractivity contribution in [1.82, 2.24) is 4.68 Å². The van der Waals surface area contributed by atoms with Gasteiger partial charge in [0.2, 0.25) is 0 Å². The fourth-order valence-electron chi connectivity index (χ4n) is 3.76. The number of benzene rings is 3. The van der Waals surface area contributed by atoms with Crippen LogP contribution < -0.4 is 31.8 Å². The van der Waals surface area contributed by atoms with Gasteiger partial charge in [0.05, 0.1) is 12.4 Å². The van der Waals surface area contributed by atoms with Crippen molar-refractivity contribution in [2.75, 3.05) is 57.0 Å². The molecule has 1 heterocycles. The Morgan fingerprint density at radius 1 is 0.590 bits per heavy atom. The molecule has 0 saturated heterocycles. The van der Waals surface area contributed by atoms with Crippen LogP contribution in [-0.2, 0) is 0 Å². The molecule has 39 heavy (non-hydrogen) atoms. The van der Waals surface area contributed by atoms with Crippen LogP contribution in [0, 0.1) is 0 Å². The lowest BCUT2D eigenvalue weighted by Crippen LogP contribution is -3.00. The maximum Gasteiger partial charge on any atom is 0.332 e. The molecule has 8 heteroatoms. The molecule has 0 radical (unpaired) electrons. The van der Waals surface area contributed by atoms with Crippen LogP contribution in [0.1, 0.15) is 22.5 Å². The first-order chi connectivity index (χ1) is 18.3. The van der Waals surface area contributed by atoms with Crippen LogP contribution in [0.5, 0.6) is 0 Å². The van der Waals surface area contributed by atoms with Gasteiger partial charge in [-0.1, -0.05) is 56.0 Å². The molecule has 7 nitrogen and oxygen atoms in total. The van der Waals surface area contributed by atoms with Crippen molar-refractivity contribution in [3.63, 3.8) is 0 Å². The van der Waals surface area contributed by atoms with E-state index in [-0.39, 0.29) is 12.4 Å². The molecule has 0 aliphatic rings. The second kappa shape index (κ2) is 13.4. The number of aromatic nitrogens is 2. The third-order valence-electron chi connectivity index (χ3n) is 6.13. The monoisotopic (exact) mass is 541 g/mol. The minimum Gasteiger partial charge on any atom is -1.00 e. The van der Waals surface area contributed by atoms with E-state index in [1.54, 1.807) is 0 Å². The van der Waals surface area contributed by atoms with Gasteiger partial charge in [-0.2, -0.15) is 0 Å². The molecule has 1 aromatic heterocycles. The normalized spacial score (nSPS) is 11.3. The highest BCUT2D eigenvalue weighted by atomic mass is 35.5. The van der Waals surface area contributed by atoms with Gasteiger partial charge in [-0.05, 0) is 59.2 Å². The lowest BCUT2D eigenvalue weighted by atomic mass is 10.2. The first-order valence-corrected chi connectivity index (χ1v) is 12.5. The van der Waals surface area contributed by atoms with Gasteiger partial charge in [0.15, 0.2) is 12.4 Å². The molecular weight excluding hydrogens is 506 g/mol. The third-order valence-corrected chi connectivity index (χ3v) is 6.13. The fourth-order valence-corrected chi connectivity index (χ4v) is 3.76. The molecule has 4 aromatic rings. The Morgan fingerprint density at radius 3 is 1.49 bits per heavy atom. The lowest BCUT2D eigenvalue weighted by molar-refractivity contribution is -0.679. The minimum atomic E-state index is 0. The van der Waals surface area contributed by atoms with Gasteiger partial charge in [0.25, 0.3) is 0 Å². The standard InChI is InChI=1S/C31H36N7.ClH/c1-34(2)28-14-7-25(8-15-28)13-20-31-37(32-23-26-9-16-29(17-10-26)35(3)4)21-22-38(31)33-24-27-11-18-30(19-12-27)36(5)6;/h7-24H,1-6H3;1H/q+1;/p-1. The highest BCUT2D eigenvalue weighted by molar-refractivity contribution is 5.81. The second-order valence-corrected chi connectivity index (χ2v) is 9.63. The van der Waals surface area contributed by atoms with Crippen LogP contribution in [0.2, 0.25) is 0 Å². The van der Waals surface area contributed by atoms with Gasteiger partial charge in [0, 0.05) is 65.4 Å². The van der Waals surface area contributed by atoms with E-state index in [1.165, 1.54) is 0 Å². The molecule has 0 saturated carbocycles. The predicted octanol–water partition coefficient (Wildman–Crippen LogP) is 1.91. The van der Waals surface area contributed by atoms with Gasteiger partial charge in [-0.15, -0.1) is 0 Å². The van der Waals surface area contributed by atoms with E-state index in [2.05, 4.69) is 93.6 Å². The number of nitrogens with zero attached hydrogens (tertiary/aromatic N) is 7. The quantitative estimate of drug-likeness (QED) is 0.240. The zero-order chi connectivity index (χ0) is 27.1. The molecule has 3 aromatic carbocycles. The number of anilines is 3. The van der Waals surface area contributed by atoms with Crippen LogP contribution in [0.4, 0.5) is 17.1 Å². The summed E-state index contributed by atoms with van der Waals surface area (Å²) in [7, 11) is 12.2. The zero-order valence-corrected chi connectivity index (χ0v) is 24.2. The summed E-state index contributed by atoms with van der Waals surface area (Å²) < 4.78 is 3.66. The Hall–Kier alpha value is -4.36. The molecule has 0 aliphatic carbocycles. The van der Waals surface area contributed by atoms with Crippen molar-refractivity contribution in [2.45, 2.75) is 0 Å². The van der Waals surface area contributed by atoms with Crippen molar-refractivity contribution in [1.29, 1.82) is 0 Å². The molecule has 0 spiro atoms. The Morgan fingerprint density at radius 2 is 1.03 bits per heavy atom. The maximum absolute atomic E-state index is 4.73. The van der Waals surface area contributed by atoms with E-state index < -0.39 is 0 Å². The highest BCUT2D eigenvalue weighted by Gasteiger charge is 2.14. The van der Waals surface area contributed by atoms with Crippen LogP contribution >= 0.6 is 0 Å². The number of hydrogen-bond donors (Lipinski definition) is 0. The number of halogens is 1. The van der Waals surface area contributed by atoms with E-state index in [0.717, 1.165) is 39.6 Å². The van der Waals surface area contributed by atoms with E-state index in [4.69, 9.17) is 10.2 Å². The summed E-state index contributed by atoms with van der Waals surface area (Å²) in [6.07, 6.45) is 11.6. The van der Waals surface area contributed by atoms with Crippen molar-refractivity contribution in [3.05, 3.63) is 108 Å². The van der Waals surface area contributed by atoms with Gasteiger partial charge in [-0.25, -0.2) is 0 Å². The molecule has 0 unspecified atom stereocenters. The summed E-state index contributed by atoms with van der Waals surface area (Å²) in [5, 5.41) is 9.45. The first kappa shape index (κ1) is 29.2. The van der Waals surface area contributed by atoms with Crippen molar-refractivity contribution in [3.8, 4) is 0 Å². The molecule has 0 aliphatic heterocycles. The van der Waals surface area contributed by atoms with Crippen molar-refractivity contribution in [2.24, 2.45) is 10.2 Å². The predicted molar refractivity (Wildman–Crippen MR) is 162 cm³/mol. The molecule has 0 bridgehead atoms. The lowest BCUT2D eigenvalue weighted by Gasteiger charge is -2.11. The topological polar surface area (TPSA) is 43.3 Å². The van der Waals surface area contributed by atoms with Crippen LogP contribution in [0.3, 0.4) is 0 Å². The molecule has 0 fully saturated rings. The summed E-state index contributed by atoms with van der Waals surface area (Å²) in [6.45, 7) is 0. The zero-order valence-electron chi connectivity index (χ0n) is 23.4. The van der Waals surface area contributed by atoms with Gasteiger partial charge < -0.3 is 27.1 Å². The third kappa shape index (κ3) is 7.82. The molecule has 0 N–H and O–H groups in total. The summed E-state index contributed by atoms with van der Waals surface area (Å²) in [4.78, 5) is 6.25. The highest BCUT2D eigenvalue weighted by Crippen LogP contribution is 2.15. The smallest absolute Gasteiger partial charge is 0.332 e. The Balaban J connectivity index is 0.00000420. The first-order valence-electron chi connectivity index (χ1n) is 12.5. The average molecular weight is 542 g/mol. The summed E-state index contributed by atoms with van der Waals surface area (Å²) in [5.41, 5.74) is 6.61. The van der Waals surface area contributed by atoms with Gasteiger partial charge >= 0.3 is 5.82 Å². The second-order valence-electron chi connectivity index (χ2n) is 9.63. The number of rotatable bonds is 9. The largest absolute Gasteiger partial charge is 1.00 e. The van der Waals surface area contributed by atoms with E-state index in [1.807, 2.05) is 82.5 Å². The van der Waals surface area contributed by atoms with Crippen LogP contribution in [0.15, 0.2) is 95.4 Å². The molecule has 4 rings (SSSR count). The van der Waals surface area contributed by atoms with Crippen molar-refractivity contribution < 1.29 is 17.1 Å². The maximum atomic E-state index is 4.73. The summed E-state index contributed by atoms with van der Waals surface area (Å²) >= 11 is 0. The number of hydrogen-bond acceptors (Lipinski definition) is 5. The summed E-state index contributed by atoms with van der Waals surface area (Å²) in [6, 6.07) is 25.0. The van der Waals surface area contributed by atoms with Crippen LogP contribution in [-0.4, -0.2) is 59.4 Å². The van der Waals surface area contributed by atoms with E-state index in [9.17, 15) is 0 Å². The summed E-state index contributed by atoms with van der Waals surface area (Å²) in [5.74, 6) is 0.823. The number of imidazole rings is 1. The van der Waals surface area contributed by atoms with E-state index in [0.29, 0.717) is 0 Å². The van der Waals surface area contributed by atoms with Crippen molar-refractivity contribution >= 4 is 41.6 Å². The SMILES string of the molecule is CN(C)c1ccc(C=Cc2n(N=Cc3ccc(N(C)C)cc3)cc[n+]2N=Cc2ccc(N(C)C)cc2)cc1.[Cl-]. The molecule has 0 amide bonds. The Labute approximate surface area is 238 Å². The Kier molecular flexibility index (Phi) is 10.1. The van der Waals surface area contributed by atoms with Gasteiger partial charge in [-0.3, -0.25) is 0 Å². The van der Waals surface area contributed by atoms with E-state index >= 15 is 0 Å².